The molecule has 1 aromatic heterocycles. The van der Waals surface area contributed by atoms with E-state index in [0.717, 1.165) is 9.64 Å². The summed E-state index contributed by atoms with van der Waals surface area (Å²) in [5.41, 5.74) is 0.378. The van der Waals surface area contributed by atoms with Gasteiger partial charge in [0, 0.05) is 22.0 Å². The molecule has 2 rings (SSSR count). The molecule has 0 bridgehead atoms. The van der Waals surface area contributed by atoms with Gasteiger partial charge in [0.1, 0.15) is 10.6 Å². The number of aryl methyl sites for hydroxylation is 1. The first-order valence-electron chi connectivity index (χ1n) is 6.05. The maximum Gasteiger partial charge on any atom is 0.352 e. The van der Waals surface area contributed by atoms with Crippen LogP contribution in [-0.4, -0.2) is 24.1 Å². The quantitative estimate of drug-likeness (QED) is 0.729. The molecule has 1 heterocycles. The van der Waals surface area contributed by atoms with Crippen LogP contribution in [0, 0.1) is 3.57 Å². The Labute approximate surface area is 136 Å². The van der Waals surface area contributed by atoms with Crippen molar-refractivity contribution in [2.45, 2.75) is 18.4 Å². The minimum absolute atomic E-state index is 0.0551. The van der Waals surface area contributed by atoms with Crippen LogP contribution in [-0.2, 0) is 16.6 Å². The molecule has 0 atom stereocenters. The Bertz CT molecular complexity index is 783. The second-order valence-corrected chi connectivity index (χ2v) is 7.20. The van der Waals surface area contributed by atoms with E-state index in [4.69, 9.17) is 5.11 Å². The summed E-state index contributed by atoms with van der Waals surface area (Å²) in [6.07, 6.45) is 1.32. The summed E-state index contributed by atoms with van der Waals surface area (Å²) in [5, 5.41) is 9.06. The van der Waals surface area contributed by atoms with Crippen LogP contribution in [0.1, 0.15) is 17.4 Å². The molecule has 2 N–H and O–H groups in total. The lowest BCUT2D eigenvalue weighted by Crippen LogP contribution is -2.12. The fraction of sp³-hybridized carbons (Fsp3) is 0.154. The summed E-state index contributed by atoms with van der Waals surface area (Å²) in [5.74, 6) is -1.16. The molecule has 8 heteroatoms. The van der Waals surface area contributed by atoms with Gasteiger partial charge in [-0.2, -0.15) is 0 Å². The lowest BCUT2D eigenvalue weighted by Gasteiger charge is -2.06. The fourth-order valence-corrected chi connectivity index (χ4v) is 3.47. The first-order valence-corrected chi connectivity index (χ1v) is 8.61. The lowest BCUT2D eigenvalue weighted by atomic mass is 10.3. The molecule has 2 aromatic rings. The van der Waals surface area contributed by atoms with Gasteiger partial charge in [-0.3, -0.25) is 4.72 Å². The molecule has 0 amide bonds. The van der Waals surface area contributed by atoms with Crippen LogP contribution in [0.4, 0.5) is 5.69 Å². The number of aromatic carboxylic acids is 1. The number of halogens is 1. The third-order valence-corrected chi connectivity index (χ3v) is 4.84. The van der Waals surface area contributed by atoms with Gasteiger partial charge in [0.05, 0.1) is 0 Å². The van der Waals surface area contributed by atoms with Crippen molar-refractivity contribution in [1.82, 2.24) is 4.57 Å². The highest BCUT2D eigenvalue weighted by atomic mass is 127. The zero-order valence-electron chi connectivity index (χ0n) is 11.1. The van der Waals surface area contributed by atoms with E-state index in [2.05, 4.69) is 27.3 Å². The Morgan fingerprint density at radius 2 is 2.10 bits per heavy atom. The van der Waals surface area contributed by atoms with Gasteiger partial charge in [-0.1, -0.05) is 6.07 Å². The van der Waals surface area contributed by atoms with Crippen molar-refractivity contribution in [1.29, 1.82) is 0 Å². The summed E-state index contributed by atoms with van der Waals surface area (Å²) in [6.45, 7) is 2.12. The molecular formula is C13H13IN2O4S. The van der Waals surface area contributed by atoms with Crippen LogP contribution < -0.4 is 4.72 Å². The average Bonchev–Trinajstić information content (AvgIpc) is 2.83. The number of carboxylic acids is 1. The summed E-state index contributed by atoms with van der Waals surface area (Å²) >= 11 is 2.08. The van der Waals surface area contributed by atoms with Crippen molar-refractivity contribution in [2.24, 2.45) is 0 Å². The molecular weight excluding hydrogens is 407 g/mol. The topological polar surface area (TPSA) is 88.4 Å². The Morgan fingerprint density at radius 1 is 1.38 bits per heavy atom. The third kappa shape index (κ3) is 3.56. The number of hydrogen-bond donors (Lipinski definition) is 2. The first kappa shape index (κ1) is 15.8. The second-order valence-electron chi connectivity index (χ2n) is 4.27. The number of benzene rings is 1. The zero-order valence-corrected chi connectivity index (χ0v) is 14.1. The number of carboxylic acid groups (broad SMARTS) is 1. The molecule has 112 valence electrons. The van der Waals surface area contributed by atoms with Crippen molar-refractivity contribution in [3.63, 3.8) is 0 Å². The van der Waals surface area contributed by atoms with Gasteiger partial charge in [-0.15, -0.1) is 0 Å². The van der Waals surface area contributed by atoms with Crippen LogP contribution in [0.3, 0.4) is 0 Å². The monoisotopic (exact) mass is 420 g/mol. The predicted octanol–water partition coefficient (Wildman–Crippen LogP) is 2.61. The van der Waals surface area contributed by atoms with E-state index < -0.39 is 16.0 Å². The number of nitrogens with one attached hydrogen (secondary N) is 1. The van der Waals surface area contributed by atoms with E-state index in [1.54, 1.807) is 25.1 Å². The normalized spacial score (nSPS) is 11.3. The van der Waals surface area contributed by atoms with Crippen LogP contribution >= 0.6 is 22.6 Å². The van der Waals surface area contributed by atoms with Gasteiger partial charge in [0.2, 0.25) is 0 Å². The molecule has 1 aromatic carbocycles. The molecule has 0 aliphatic rings. The molecule has 0 saturated carbocycles. The fourth-order valence-electron chi connectivity index (χ4n) is 1.84. The molecule has 0 unspecified atom stereocenters. The van der Waals surface area contributed by atoms with E-state index in [-0.39, 0.29) is 10.6 Å². The standard InChI is InChI=1S/C13H13IN2O4S/c1-2-16-8-11(7-12(16)13(17)18)21(19,20)15-10-5-3-4-9(14)6-10/h3-8,15H,2H2,1H3,(H,17,18). The maximum atomic E-state index is 12.3. The highest BCUT2D eigenvalue weighted by Gasteiger charge is 2.21. The van der Waals surface area contributed by atoms with Gasteiger partial charge in [0.15, 0.2) is 0 Å². The number of rotatable bonds is 5. The summed E-state index contributed by atoms with van der Waals surface area (Å²) in [7, 11) is -3.81. The highest BCUT2D eigenvalue weighted by Crippen LogP contribution is 2.20. The average molecular weight is 420 g/mol. The molecule has 6 nitrogen and oxygen atoms in total. The van der Waals surface area contributed by atoms with E-state index >= 15 is 0 Å². The smallest absolute Gasteiger partial charge is 0.352 e. The number of hydrogen-bond acceptors (Lipinski definition) is 3. The van der Waals surface area contributed by atoms with E-state index in [0.29, 0.717) is 12.2 Å². The SMILES string of the molecule is CCn1cc(S(=O)(=O)Nc2cccc(I)c2)cc1C(=O)O. The van der Waals surface area contributed by atoms with E-state index in [1.807, 2.05) is 6.07 Å². The Balaban J connectivity index is 2.38. The number of carbonyl (C=O) groups is 1. The number of sulfonamides is 1. The van der Waals surface area contributed by atoms with Crippen molar-refractivity contribution in [3.05, 3.63) is 45.8 Å². The van der Waals surface area contributed by atoms with Crippen LogP contribution in [0.25, 0.3) is 0 Å². The van der Waals surface area contributed by atoms with Crippen LogP contribution in [0.15, 0.2) is 41.4 Å². The Kier molecular flexibility index (Phi) is 4.57. The second kappa shape index (κ2) is 6.06. The number of anilines is 1. The van der Waals surface area contributed by atoms with Gasteiger partial charge in [-0.05, 0) is 53.8 Å². The Hall–Kier alpha value is -1.55. The van der Waals surface area contributed by atoms with Crippen LogP contribution in [0.2, 0.25) is 0 Å². The minimum atomic E-state index is -3.81. The van der Waals surface area contributed by atoms with E-state index in [9.17, 15) is 13.2 Å². The van der Waals surface area contributed by atoms with Gasteiger partial charge in [0.25, 0.3) is 10.0 Å². The molecule has 0 saturated heterocycles. The first-order chi connectivity index (χ1) is 9.83. The van der Waals surface area contributed by atoms with Crippen molar-refractivity contribution >= 4 is 44.3 Å². The number of aromatic nitrogens is 1. The number of nitrogens with zero attached hydrogens (tertiary/aromatic N) is 1. The predicted molar refractivity (Wildman–Crippen MR) is 87.0 cm³/mol. The molecule has 0 spiro atoms. The summed E-state index contributed by atoms with van der Waals surface area (Å²) in [4.78, 5) is 11.0. The Morgan fingerprint density at radius 3 is 2.62 bits per heavy atom. The van der Waals surface area contributed by atoms with Gasteiger partial charge in [-0.25, -0.2) is 13.2 Å². The van der Waals surface area contributed by atoms with Crippen molar-refractivity contribution < 1.29 is 18.3 Å². The highest BCUT2D eigenvalue weighted by molar-refractivity contribution is 14.1. The molecule has 0 radical (unpaired) electrons. The van der Waals surface area contributed by atoms with E-state index in [1.165, 1.54) is 10.8 Å². The third-order valence-electron chi connectivity index (χ3n) is 2.82. The lowest BCUT2D eigenvalue weighted by molar-refractivity contribution is 0.0685. The summed E-state index contributed by atoms with van der Waals surface area (Å²) in [6, 6.07) is 8.05. The van der Waals surface area contributed by atoms with Crippen molar-refractivity contribution in [2.75, 3.05) is 4.72 Å². The van der Waals surface area contributed by atoms with Crippen molar-refractivity contribution in [3.8, 4) is 0 Å². The molecule has 0 aliphatic heterocycles. The van der Waals surface area contributed by atoms with Gasteiger partial charge >= 0.3 is 5.97 Å². The van der Waals surface area contributed by atoms with Crippen LogP contribution in [0.5, 0.6) is 0 Å². The largest absolute Gasteiger partial charge is 0.477 e. The maximum absolute atomic E-state index is 12.3. The molecule has 0 fully saturated rings. The van der Waals surface area contributed by atoms with Gasteiger partial charge < -0.3 is 9.67 Å². The summed E-state index contributed by atoms with van der Waals surface area (Å²) < 4.78 is 29.3. The molecule has 0 aliphatic carbocycles. The zero-order chi connectivity index (χ0) is 15.6. The molecule has 21 heavy (non-hydrogen) atoms. The minimum Gasteiger partial charge on any atom is -0.477 e.